The van der Waals surface area contributed by atoms with E-state index in [0.29, 0.717) is 26.2 Å². The van der Waals surface area contributed by atoms with Crippen LogP contribution in [0.3, 0.4) is 0 Å². The zero-order valence-corrected chi connectivity index (χ0v) is 15.4. The van der Waals surface area contributed by atoms with Crippen LogP contribution in [0.15, 0.2) is 22.9 Å². The summed E-state index contributed by atoms with van der Waals surface area (Å²) in [5, 5.41) is 5.69. The standard InChI is InChI=1S/C16H20N4O2S2/c1-3-19(12(2)21)16-17-13(11-24-16)9-18-6-7-20(14(22)10-18)15-5-4-8-23-15/h4-5,8,11H,3,6-7,9-10H2,1-2H3. The fraction of sp³-hybridized carbons (Fsp3) is 0.438. The maximum Gasteiger partial charge on any atom is 0.241 e. The van der Waals surface area contributed by atoms with Gasteiger partial charge in [0.05, 0.1) is 17.2 Å². The normalized spacial score (nSPS) is 15.8. The van der Waals surface area contributed by atoms with Crippen molar-refractivity contribution >= 4 is 44.6 Å². The first-order chi connectivity index (χ1) is 11.6. The minimum absolute atomic E-state index is 0.00172. The number of nitrogens with zero attached hydrogens (tertiary/aromatic N) is 4. The van der Waals surface area contributed by atoms with Gasteiger partial charge in [-0.25, -0.2) is 4.98 Å². The molecule has 24 heavy (non-hydrogen) atoms. The van der Waals surface area contributed by atoms with Gasteiger partial charge in [-0.05, 0) is 24.4 Å². The number of piperazine rings is 1. The molecule has 6 nitrogen and oxygen atoms in total. The highest BCUT2D eigenvalue weighted by molar-refractivity contribution is 7.14. The molecule has 0 spiro atoms. The fourth-order valence-electron chi connectivity index (χ4n) is 2.73. The van der Waals surface area contributed by atoms with Gasteiger partial charge in [0.25, 0.3) is 0 Å². The number of thiazole rings is 1. The summed E-state index contributed by atoms with van der Waals surface area (Å²) >= 11 is 3.06. The molecule has 1 fully saturated rings. The van der Waals surface area contributed by atoms with Gasteiger partial charge in [-0.2, -0.15) is 0 Å². The second kappa shape index (κ2) is 7.42. The van der Waals surface area contributed by atoms with Crippen LogP contribution in [0.25, 0.3) is 0 Å². The van der Waals surface area contributed by atoms with Crippen LogP contribution in [0.2, 0.25) is 0 Å². The number of carbonyl (C=O) groups is 2. The molecular weight excluding hydrogens is 344 g/mol. The van der Waals surface area contributed by atoms with Crippen molar-refractivity contribution in [3.8, 4) is 0 Å². The first-order valence-corrected chi connectivity index (χ1v) is 9.63. The molecule has 1 aliphatic rings. The van der Waals surface area contributed by atoms with Gasteiger partial charge < -0.3 is 4.90 Å². The quantitative estimate of drug-likeness (QED) is 0.818. The van der Waals surface area contributed by atoms with Gasteiger partial charge in [0, 0.05) is 38.5 Å². The Balaban J connectivity index is 1.61. The molecule has 2 amide bonds. The number of hydrogen-bond acceptors (Lipinski definition) is 6. The Hall–Kier alpha value is -1.77. The van der Waals surface area contributed by atoms with E-state index in [0.717, 1.165) is 22.4 Å². The molecule has 1 saturated heterocycles. The first kappa shape index (κ1) is 17.1. The predicted molar refractivity (Wildman–Crippen MR) is 97.8 cm³/mol. The molecule has 3 heterocycles. The topological polar surface area (TPSA) is 56.8 Å². The Bertz CT molecular complexity index is 713. The monoisotopic (exact) mass is 364 g/mol. The van der Waals surface area contributed by atoms with Crippen LogP contribution in [0.1, 0.15) is 19.5 Å². The summed E-state index contributed by atoms with van der Waals surface area (Å²) < 4.78 is 0. The SMILES string of the molecule is CCN(C(C)=O)c1nc(CN2CCN(c3cccs3)C(=O)C2)cs1. The third kappa shape index (κ3) is 3.66. The van der Waals surface area contributed by atoms with Crippen molar-refractivity contribution < 1.29 is 9.59 Å². The van der Waals surface area contributed by atoms with E-state index in [1.165, 1.54) is 11.3 Å². The van der Waals surface area contributed by atoms with Crippen molar-refractivity contribution in [1.29, 1.82) is 0 Å². The Morgan fingerprint density at radius 3 is 2.83 bits per heavy atom. The van der Waals surface area contributed by atoms with E-state index in [4.69, 9.17) is 0 Å². The number of hydrogen-bond donors (Lipinski definition) is 0. The molecule has 3 rings (SSSR count). The van der Waals surface area contributed by atoms with Crippen molar-refractivity contribution in [3.63, 3.8) is 0 Å². The maximum absolute atomic E-state index is 12.4. The van der Waals surface area contributed by atoms with E-state index in [2.05, 4.69) is 9.88 Å². The lowest BCUT2D eigenvalue weighted by atomic mass is 10.3. The van der Waals surface area contributed by atoms with E-state index < -0.39 is 0 Å². The Morgan fingerprint density at radius 2 is 2.21 bits per heavy atom. The van der Waals surface area contributed by atoms with Crippen LogP contribution in [-0.4, -0.2) is 47.9 Å². The first-order valence-electron chi connectivity index (χ1n) is 7.87. The Morgan fingerprint density at radius 1 is 1.38 bits per heavy atom. The third-order valence-corrected chi connectivity index (χ3v) is 5.73. The zero-order valence-electron chi connectivity index (χ0n) is 13.8. The number of aromatic nitrogens is 1. The smallest absolute Gasteiger partial charge is 0.241 e. The average molecular weight is 364 g/mol. The number of amides is 2. The van der Waals surface area contributed by atoms with Gasteiger partial charge in [0.15, 0.2) is 5.13 Å². The number of rotatable bonds is 5. The van der Waals surface area contributed by atoms with Gasteiger partial charge in [0.1, 0.15) is 0 Å². The van der Waals surface area contributed by atoms with Crippen LogP contribution < -0.4 is 9.80 Å². The van der Waals surface area contributed by atoms with E-state index in [-0.39, 0.29) is 11.8 Å². The van der Waals surface area contributed by atoms with Crippen LogP contribution in [0.5, 0.6) is 0 Å². The summed E-state index contributed by atoms with van der Waals surface area (Å²) in [5.74, 6) is 0.121. The average Bonchev–Trinajstić information content (AvgIpc) is 3.20. The van der Waals surface area contributed by atoms with Gasteiger partial charge in [-0.1, -0.05) is 0 Å². The summed E-state index contributed by atoms with van der Waals surface area (Å²) in [6.07, 6.45) is 0. The van der Waals surface area contributed by atoms with E-state index in [1.807, 2.05) is 34.7 Å². The molecule has 8 heteroatoms. The highest BCUT2D eigenvalue weighted by Gasteiger charge is 2.26. The van der Waals surface area contributed by atoms with Gasteiger partial charge in [-0.3, -0.25) is 19.4 Å². The van der Waals surface area contributed by atoms with Crippen molar-refractivity contribution in [1.82, 2.24) is 9.88 Å². The summed E-state index contributed by atoms with van der Waals surface area (Å²) in [7, 11) is 0. The summed E-state index contributed by atoms with van der Waals surface area (Å²) in [4.78, 5) is 34.1. The lowest BCUT2D eigenvalue weighted by molar-refractivity contribution is -0.121. The summed E-state index contributed by atoms with van der Waals surface area (Å²) in [6, 6.07) is 3.94. The van der Waals surface area contributed by atoms with Crippen LogP contribution in [-0.2, 0) is 16.1 Å². The van der Waals surface area contributed by atoms with Gasteiger partial charge >= 0.3 is 0 Å². The van der Waals surface area contributed by atoms with E-state index in [9.17, 15) is 9.59 Å². The summed E-state index contributed by atoms with van der Waals surface area (Å²) in [6.45, 7) is 6.65. The second-order valence-electron chi connectivity index (χ2n) is 5.59. The minimum atomic E-state index is -0.00172. The molecule has 128 valence electrons. The number of carbonyl (C=O) groups excluding carboxylic acids is 2. The maximum atomic E-state index is 12.4. The van der Waals surface area contributed by atoms with Crippen molar-refractivity contribution in [2.45, 2.75) is 20.4 Å². The van der Waals surface area contributed by atoms with Crippen LogP contribution in [0, 0.1) is 0 Å². The molecule has 1 aliphatic heterocycles. The fourth-order valence-corrected chi connectivity index (χ4v) is 4.43. The molecule has 2 aromatic rings. The second-order valence-corrected chi connectivity index (χ2v) is 7.35. The van der Waals surface area contributed by atoms with E-state index in [1.54, 1.807) is 23.2 Å². The largest absolute Gasteiger partial charge is 0.301 e. The number of anilines is 2. The molecule has 0 aromatic carbocycles. The molecular formula is C16H20N4O2S2. The van der Waals surface area contributed by atoms with Crippen molar-refractivity contribution in [3.05, 3.63) is 28.6 Å². The molecule has 0 saturated carbocycles. The zero-order chi connectivity index (χ0) is 17.1. The van der Waals surface area contributed by atoms with Crippen molar-refractivity contribution in [2.24, 2.45) is 0 Å². The van der Waals surface area contributed by atoms with Gasteiger partial charge in [-0.15, -0.1) is 22.7 Å². The van der Waals surface area contributed by atoms with Crippen LogP contribution >= 0.6 is 22.7 Å². The molecule has 0 unspecified atom stereocenters. The molecule has 2 aromatic heterocycles. The molecule has 0 radical (unpaired) electrons. The van der Waals surface area contributed by atoms with E-state index >= 15 is 0 Å². The molecule has 0 N–H and O–H groups in total. The summed E-state index contributed by atoms with van der Waals surface area (Å²) in [5.41, 5.74) is 0.909. The molecule has 0 bridgehead atoms. The van der Waals surface area contributed by atoms with Crippen LogP contribution in [0.4, 0.5) is 10.1 Å². The third-order valence-electron chi connectivity index (χ3n) is 3.92. The molecule has 0 atom stereocenters. The predicted octanol–water partition coefficient (Wildman–Crippen LogP) is 2.43. The highest BCUT2D eigenvalue weighted by Crippen LogP contribution is 2.25. The lowest BCUT2D eigenvalue weighted by Crippen LogP contribution is -2.49. The highest BCUT2D eigenvalue weighted by atomic mass is 32.1. The van der Waals surface area contributed by atoms with Gasteiger partial charge in [0.2, 0.25) is 11.8 Å². The lowest BCUT2D eigenvalue weighted by Gasteiger charge is -2.33. The minimum Gasteiger partial charge on any atom is -0.301 e. The van der Waals surface area contributed by atoms with Crippen molar-refractivity contribution in [2.75, 3.05) is 36.0 Å². The number of thiophene rings is 1. The molecule has 0 aliphatic carbocycles. The Kier molecular flexibility index (Phi) is 5.27. The Labute approximate surface area is 149 Å².